The maximum Gasteiger partial charge on any atom is 0.150 e. The van der Waals surface area contributed by atoms with Gasteiger partial charge in [-0.3, -0.25) is 4.79 Å². The van der Waals surface area contributed by atoms with E-state index >= 15 is 0 Å². The van der Waals surface area contributed by atoms with Crippen molar-refractivity contribution in [3.63, 3.8) is 0 Å². The molecule has 1 rings (SSSR count). The van der Waals surface area contributed by atoms with Crippen LogP contribution in [0.15, 0.2) is 35.5 Å². The molecule has 0 saturated carbocycles. The predicted molar refractivity (Wildman–Crippen MR) is 52.4 cm³/mol. The van der Waals surface area contributed by atoms with Crippen LogP contribution >= 0.6 is 0 Å². The lowest BCUT2D eigenvalue weighted by Crippen LogP contribution is -1.85. The molecule has 0 atom stereocenters. The van der Waals surface area contributed by atoms with Crippen molar-refractivity contribution < 1.29 is 4.79 Å². The maximum atomic E-state index is 10.4. The topological polar surface area (TPSA) is 17.1 Å². The summed E-state index contributed by atoms with van der Waals surface area (Å²) in [6.07, 6.45) is 10.6. The van der Waals surface area contributed by atoms with Crippen molar-refractivity contribution in [1.29, 1.82) is 0 Å². The summed E-state index contributed by atoms with van der Waals surface area (Å²) in [6.45, 7) is 2.04. The lowest BCUT2D eigenvalue weighted by Gasteiger charge is -1.97. The molecule has 0 heterocycles. The first-order valence-electron chi connectivity index (χ1n) is 4.16. The molecular weight excluding hydrogens is 147 g/mol. The zero-order valence-corrected chi connectivity index (χ0v) is 7.29. The van der Waals surface area contributed by atoms with E-state index in [1.54, 1.807) is 0 Å². The molecule has 0 saturated heterocycles. The highest BCUT2D eigenvalue weighted by Crippen LogP contribution is 2.13. The Kier molecular flexibility index (Phi) is 3.59. The molecule has 1 aliphatic rings. The first-order chi connectivity index (χ1) is 5.86. The highest BCUT2D eigenvalue weighted by molar-refractivity contribution is 6.34. The summed E-state index contributed by atoms with van der Waals surface area (Å²) < 4.78 is 0. The third-order valence-corrected chi connectivity index (χ3v) is 1.80. The summed E-state index contributed by atoms with van der Waals surface area (Å²) in [5.74, 6) is 0. The molecule has 1 aliphatic carbocycles. The van der Waals surface area contributed by atoms with Gasteiger partial charge in [0.15, 0.2) is 0 Å². The van der Waals surface area contributed by atoms with Crippen molar-refractivity contribution in [2.24, 2.45) is 0 Å². The van der Waals surface area contributed by atoms with Crippen molar-refractivity contribution in [1.82, 2.24) is 0 Å². The zero-order chi connectivity index (χ0) is 8.81. The number of aldehydes is 1. The van der Waals surface area contributed by atoms with Gasteiger partial charge in [0.05, 0.1) is 0 Å². The number of hydrogen-bond donors (Lipinski definition) is 0. The molecule has 0 spiro atoms. The smallest absolute Gasteiger partial charge is 0.150 e. The van der Waals surface area contributed by atoms with E-state index in [1.807, 2.05) is 31.1 Å². The van der Waals surface area contributed by atoms with Gasteiger partial charge in [-0.15, -0.1) is 0 Å². The fourth-order valence-corrected chi connectivity index (χ4v) is 1.18. The van der Waals surface area contributed by atoms with E-state index in [0.29, 0.717) is 0 Å². The van der Waals surface area contributed by atoms with Crippen LogP contribution in [0.25, 0.3) is 0 Å². The SMILES string of the molecule is C[B]CC1=CC=C(C=O)C=CC1. The number of carbonyl (C=O) groups excluding carboxylic acids is 1. The highest BCUT2D eigenvalue weighted by Gasteiger charge is 1.97. The first kappa shape index (κ1) is 9.05. The van der Waals surface area contributed by atoms with Crippen LogP contribution in [0, 0.1) is 0 Å². The summed E-state index contributed by atoms with van der Waals surface area (Å²) in [5, 5.41) is 0. The summed E-state index contributed by atoms with van der Waals surface area (Å²) in [4.78, 5) is 10.4. The number of hydrogen-bond acceptors (Lipinski definition) is 1. The van der Waals surface area contributed by atoms with Crippen LogP contribution in [0.2, 0.25) is 13.1 Å². The molecule has 0 N–H and O–H groups in total. The molecule has 0 aromatic carbocycles. The molecule has 0 unspecified atom stereocenters. The van der Waals surface area contributed by atoms with Crippen LogP contribution in [-0.4, -0.2) is 13.6 Å². The van der Waals surface area contributed by atoms with Gasteiger partial charge in [-0.05, 0) is 6.42 Å². The Labute approximate surface area is 74.1 Å². The Bertz CT molecular complexity index is 249. The molecule has 0 aromatic rings. The molecule has 61 valence electrons. The van der Waals surface area contributed by atoms with Gasteiger partial charge in [-0.1, -0.05) is 43.0 Å². The Morgan fingerprint density at radius 2 is 2.42 bits per heavy atom. The van der Waals surface area contributed by atoms with Crippen molar-refractivity contribution in [2.45, 2.75) is 19.6 Å². The Morgan fingerprint density at radius 3 is 3.08 bits per heavy atom. The average Bonchev–Trinajstić information content (AvgIpc) is 2.31. The van der Waals surface area contributed by atoms with Crippen molar-refractivity contribution in [3.05, 3.63) is 35.5 Å². The molecule has 1 nitrogen and oxygen atoms in total. The Hall–Kier alpha value is -1.05. The molecule has 1 radical (unpaired) electrons. The summed E-state index contributed by atoms with van der Waals surface area (Å²) in [6, 6.07) is 0. The third-order valence-electron chi connectivity index (χ3n) is 1.80. The number of allylic oxidation sites excluding steroid dienone is 6. The maximum absolute atomic E-state index is 10.4. The zero-order valence-electron chi connectivity index (χ0n) is 7.29. The van der Waals surface area contributed by atoms with Crippen LogP contribution in [0.1, 0.15) is 6.42 Å². The van der Waals surface area contributed by atoms with Crippen LogP contribution in [0.3, 0.4) is 0 Å². The van der Waals surface area contributed by atoms with Gasteiger partial charge < -0.3 is 0 Å². The van der Waals surface area contributed by atoms with E-state index in [4.69, 9.17) is 0 Å². The van der Waals surface area contributed by atoms with Gasteiger partial charge in [-0.25, -0.2) is 0 Å². The first-order valence-corrected chi connectivity index (χ1v) is 4.16. The molecule has 12 heavy (non-hydrogen) atoms. The van der Waals surface area contributed by atoms with E-state index in [0.717, 1.165) is 24.6 Å². The lowest BCUT2D eigenvalue weighted by molar-refractivity contribution is -0.104. The Morgan fingerprint density at radius 1 is 1.58 bits per heavy atom. The molecule has 0 bridgehead atoms. The monoisotopic (exact) mass is 159 g/mol. The molecular formula is C10H12BO. The fourth-order valence-electron chi connectivity index (χ4n) is 1.18. The van der Waals surface area contributed by atoms with Crippen molar-refractivity contribution in [3.8, 4) is 0 Å². The third kappa shape index (κ3) is 2.53. The summed E-state index contributed by atoms with van der Waals surface area (Å²) in [5.41, 5.74) is 2.10. The van der Waals surface area contributed by atoms with Gasteiger partial charge in [0, 0.05) is 5.57 Å². The van der Waals surface area contributed by atoms with Crippen LogP contribution < -0.4 is 0 Å². The van der Waals surface area contributed by atoms with Crippen LogP contribution in [-0.2, 0) is 4.79 Å². The van der Waals surface area contributed by atoms with E-state index in [1.165, 1.54) is 5.57 Å². The second-order valence-electron chi connectivity index (χ2n) is 2.83. The largest absolute Gasteiger partial charge is 0.298 e. The molecule has 0 amide bonds. The predicted octanol–water partition coefficient (Wildman–Crippen LogP) is 2.17. The van der Waals surface area contributed by atoms with Gasteiger partial charge in [0.1, 0.15) is 13.6 Å². The molecule has 2 heteroatoms. The quantitative estimate of drug-likeness (QED) is 0.455. The molecule has 0 fully saturated rings. The van der Waals surface area contributed by atoms with Gasteiger partial charge in [-0.2, -0.15) is 0 Å². The van der Waals surface area contributed by atoms with E-state index in [9.17, 15) is 4.79 Å². The van der Waals surface area contributed by atoms with E-state index in [-0.39, 0.29) is 0 Å². The normalized spacial score (nSPS) is 16.1. The standard InChI is InChI=1S/C10H12BO/c1-11-7-9-3-2-4-10(8-12)6-5-9/h2,4-6,8H,3,7H2,1H3. The van der Waals surface area contributed by atoms with Gasteiger partial charge in [0.2, 0.25) is 0 Å². The Balaban J connectivity index is 2.70. The molecule has 0 aliphatic heterocycles. The van der Waals surface area contributed by atoms with Crippen LogP contribution in [0.5, 0.6) is 0 Å². The second-order valence-corrected chi connectivity index (χ2v) is 2.83. The second kappa shape index (κ2) is 4.76. The van der Waals surface area contributed by atoms with Crippen molar-refractivity contribution >= 4 is 13.6 Å². The number of rotatable bonds is 3. The summed E-state index contributed by atoms with van der Waals surface area (Å²) in [7, 11) is 2.12. The van der Waals surface area contributed by atoms with Gasteiger partial charge in [0.25, 0.3) is 0 Å². The minimum Gasteiger partial charge on any atom is -0.298 e. The van der Waals surface area contributed by atoms with Crippen LogP contribution in [0.4, 0.5) is 0 Å². The van der Waals surface area contributed by atoms with E-state index < -0.39 is 0 Å². The van der Waals surface area contributed by atoms with Gasteiger partial charge >= 0.3 is 0 Å². The molecule has 0 aromatic heterocycles. The summed E-state index contributed by atoms with van der Waals surface area (Å²) >= 11 is 0. The fraction of sp³-hybridized carbons (Fsp3) is 0.300. The lowest BCUT2D eigenvalue weighted by atomic mass is 9.74. The average molecular weight is 159 g/mol. The number of carbonyl (C=O) groups is 1. The minimum absolute atomic E-state index is 0.751. The van der Waals surface area contributed by atoms with Crippen molar-refractivity contribution in [2.75, 3.05) is 0 Å². The van der Waals surface area contributed by atoms with E-state index in [2.05, 4.69) is 7.28 Å². The highest BCUT2D eigenvalue weighted by atomic mass is 16.1. The minimum atomic E-state index is 0.751.